The molecule has 7 nitrogen and oxygen atoms in total. The molecule has 0 bridgehead atoms. The molecule has 32 heavy (non-hydrogen) atoms. The number of carbonyl (C=O) groups is 2. The molecule has 0 atom stereocenters. The normalized spacial score (nSPS) is 15.5. The molecule has 0 aliphatic carbocycles. The Balaban J connectivity index is 1.60. The lowest BCUT2D eigenvalue weighted by molar-refractivity contribution is -0.138. The molecule has 0 saturated carbocycles. The number of alkyl halides is 3. The number of amides is 1. The summed E-state index contributed by atoms with van der Waals surface area (Å²) in [6.45, 7) is 0.412. The topological polar surface area (TPSA) is 95.0 Å². The molecular formula is C21H21F3N2O5S. The molecule has 2 aromatic carbocycles. The largest absolute Gasteiger partial charge is 0.481 e. The van der Waals surface area contributed by atoms with Gasteiger partial charge in [-0.05, 0) is 35.4 Å². The molecule has 2 aromatic rings. The summed E-state index contributed by atoms with van der Waals surface area (Å²) in [6.07, 6.45) is -4.82. The fraction of sp³-hybridized carbons (Fsp3) is 0.333. The van der Waals surface area contributed by atoms with E-state index in [9.17, 15) is 31.2 Å². The maximum atomic E-state index is 12.9. The number of nitrogens with zero attached hydrogens (tertiary/aromatic N) is 2. The molecule has 0 aromatic heterocycles. The summed E-state index contributed by atoms with van der Waals surface area (Å²) in [5.41, 5.74) is 0.0113. The lowest BCUT2D eigenvalue weighted by atomic mass is 10.1. The molecule has 1 aliphatic rings. The van der Waals surface area contributed by atoms with Crippen molar-refractivity contribution >= 4 is 21.9 Å². The molecule has 3 rings (SSSR count). The van der Waals surface area contributed by atoms with E-state index in [0.717, 1.165) is 12.1 Å². The van der Waals surface area contributed by atoms with Crippen LogP contribution >= 0.6 is 0 Å². The van der Waals surface area contributed by atoms with Gasteiger partial charge in [0, 0.05) is 26.2 Å². The lowest BCUT2D eigenvalue weighted by Crippen LogP contribution is -2.50. The Hall–Kier alpha value is -2.92. The van der Waals surface area contributed by atoms with Gasteiger partial charge < -0.3 is 10.0 Å². The van der Waals surface area contributed by atoms with Crippen LogP contribution in [0.25, 0.3) is 0 Å². The fourth-order valence-corrected chi connectivity index (χ4v) is 4.91. The third-order valence-corrected chi connectivity index (χ3v) is 7.01. The van der Waals surface area contributed by atoms with Crippen LogP contribution in [0.5, 0.6) is 0 Å². The van der Waals surface area contributed by atoms with Crippen LogP contribution in [0.1, 0.15) is 16.7 Å². The highest BCUT2D eigenvalue weighted by Crippen LogP contribution is 2.29. The number of sulfonamides is 1. The fourth-order valence-electron chi connectivity index (χ4n) is 3.42. The van der Waals surface area contributed by atoms with Crippen LogP contribution in [-0.4, -0.2) is 60.8 Å². The first-order valence-corrected chi connectivity index (χ1v) is 11.2. The summed E-state index contributed by atoms with van der Waals surface area (Å²) in [4.78, 5) is 24.8. The number of aliphatic carboxylic acids is 1. The van der Waals surface area contributed by atoms with Gasteiger partial charge in [0.25, 0.3) is 0 Å². The Morgan fingerprint density at radius 3 is 2.09 bits per heavy atom. The Kier molecular flexibility index (Phi) is 6.89. The highest BCUT2D eigenvalue weighted by Gasteiger charge is 2.31. The van der Waals surface area contributed by atoms with Crippen molar-refractivity contribution in [2.75, 3.05) is 26.2 Å². The number of rotatable bonds is 6. The van der Waals surface area contributed by atoms with Crippen LogP contribution in [0.15, 0.2) is 53.4 Å². The Labute approximate surface area is 183 Å². The van der Waals surface area contributed by atoms with Gasteiger partial charge in [0.2, 0.25) is 15.9 Å². The van der Waals surface area contributed by atoms with Crippen molar-refractivity contribution in [2.24, 2.45) is 0 Å². The van der Waals surface area contributed by atoms with Gasteiger partial charge in [-0.25, -0.2) is 8.42 Å². The molecular weight excluding hydrogens is 449 g/mol. The van der Waals surface area contributed by atoms with E-state index in [1.165, 1.54) is 45.6 Å². The van der Waals surface area contributed by atoms with Crippen molar-refractivity contribution in [3.05, 3.63) is 65.2 Å². The molecule has 11 heteroatoms. The number of piperazine rings is 1. The van der Waals surface area contributed by atoms with E-state index >= 15 is 0 Å². The number of carbonyl (C=O) groups excluding carboxylic acids is 1. The molecule has 1 fully saturated rings. The van der Waals surface area contributed by atoms with Gasteiger partial charge in [-0.2, -0.15) is 17.5 Å². The smallest absolute Gasteiger partial charge is 0.416 e. The second-order valence-corrected chi connectivity index (χ2v) is 9.31. The van der Waals surface area contributed by atoms with Gasteiger partial charge in [0.1, 0.15) is 0 Å². The summed E-state index contributed by atoms with van der Waals surface area (Å²) in [7, 11) is -3.85. The molecule has 1 N–H and O–H groups in total. The predicted octanol–water partition coefficient (Wildman–Crippen LogP) is 2.41. The van der Waals surface area contributed by atoms with E-state index in [-0.39, 0.29) is 49.8 Å². The van der Waals surface area contributed by atoms with Crippen molar-refractivity contribution in [1.82, 2.24) is 9.21 Å². The average molecular weight is 470 g/mol. The van der Waals surface area contributed by atoms with Crippen molar-refractivity contribution in [3.63, 3.8) is 0 Å². The third-order valence-electron chi connectivity index (χ3n) is 5.12. The number of carboxylic acid groups (broad SMARTS) is 1. The third kappa shape index (κ3) is 5.65. The van der Waals surface area contributed by atoms with Crippen LogP contribution in [-0.2, 0) is 38.6 Å². The summed E-state index contributed by atoms with van der Waals surface area (Å²) in [6, 6.07) is 10.1. The van der Waals surface area contributed by atoms with Crippen LogP contribution < -0.4 is 0 Å². The highest BCUT2D eigenvalue weighted by molar-refractivity contribution is 7.89. The molecule has 0 spiro atoms. The van der Waals surface area contributed by atoms with Crippen LogP contribution in [0.3, 0.4) is 0 Å². The number of hydrogen-bond acceptors (Lipinski definition) is 4. The number of benzene rings is 2. The maximum absolute atomic E-state index is 12.9. The first-order valence-electron chi connectivity index (χ1n) is 9.71. The number of hydrogen-bond donors (Lipinski definition) is 1. The molecule has 1 amide bonds. The van der Waals surface area contributed by atoms with E-state index < -0.39 is 27.7 Å². The Morgan fingerprint density at radius 1 is 0.906 bits per heavy atom. The first-order chi connectivity index (χ1) is 15.0. The van der Waals surface area contributed by atoms with Crippen molar-refractivity contribution in [3.8, 4) is 0 Å². The van der Waals surface area contributed by atoms with E-state index in [1.54, 1.807) is 0 Å². The minimum atomic E-state index is -4.45. The quantitative estimate of drug-likeness (QED) is 0.700. The van der Waals surface area contributed by atoms with Crippen LogP contribution in [0.4, 0.5) is 13.2 Å². The second-order valence-electron chi connectivity index (χ2n) is 7.37. The zero-order valence-corrected chi connectivity index (χ0v) is 17.7. The van der Waals surface area contributed by atoms with Crippen molar-refractivity contribution < 1.29 is 36.3 Å². The Bertz CT molecular complexity index is 1090. The number of halogens is 3. The standard InChI is InChI=1S/C21H21F3N2O5S/c22-21(23,24)17-6-4-15(5-7-17)13-19(27)25-8-10-26(11-9-25)32(30,31)18-3-1-2-16(12-18)14-20(28)29/h1-7,12H,8-11,13-14H2,(H,28,29). The van der Waals surface area contributed by atoms with Crippen molar-refractivity contribution in [1.29, 1.82) is 0 Å². The summed E-state index contributed by atoms with van der Waals surface area (Å²) in [5.74, 6) is -1.37. The van der Waals surface area contributed by atoms with E-state index in [1.807, 2.05) is 0 Å². The van der Waals surface area contributed by atoms with E-state index in [2.05, 4.69) is 0 Å². The number of carboxylic acids is 1. The van der Waals surface area contributed by atoms with E-state index in [0.29, 0.717) is 11.1 Å². The Morgan fingerprint density at radius 2 is 1.53 bits per heavy atom. The average Bonchev–Trinajstić information content (AvgIpc) is 2.73. The summed E-state index contributed by atoms with van der Waals surface area (Å²) < 4.78 is 65.0. The minimum absolute atomic E-state index is 0.0132. The van der Waals surface area contributed by atoms with E-state index in [4.69, 9.17) is 5.11 Å². The highest BCUT2D eigenvalue weighted by atomic mass is 32.2. The zero-order valence-electron chi connectivity index (χ0n) is 16.9. The molecule has 0 radical (unpaired) electrons. The zero-order chi connectivity index (χ0) is 23.5. The SMILES string of the molecule is O=C(O)Cc1cccc(S(=O)(=O)N2CCN(C(=O)Cc3ccc(C(F)(F)F)cc3)CC2)c1. The van der Waals surface area contributed by atoms with Gasteiger partial charge in [-0.1, -0.05) is 24.3 Å². The van der Waals surface area contributed by atoms with Crippen LogP contribution in [0.2, 0.25) is 0 Å². The monoisotopic (exact) mass is 470 g/mol. The van der Waals surface area contributed by atoms with Crippen LogP contribution in [0, 0.1) is 0 Å². The van der Waals surface area contributed by atoms with Gasteiger partial charge in [-0.15, -0.1) is 0 Å². The predicted molar refractivity (Wildman–Crippen MR) is 108 cm³/mol. The molecule has 0 unspecified atom stereocenters. The van der Waals surface area contributed by atoms with Gasteiger partial charge in [0.15, 0.2) is 0 Å². The molecule has 1 heterocycles. The molecule has 1 saturated heterocycles. The second kappa shape index (κ2) is 9.29. The first kappa shape index (κ1) is 23.7. The van der Waals surface area contributed by atoms with Gasteiger partial charge in [0.05, 0.1) is 23.3 Å². The minimum Gasteiger partial charge on any atom is -0.481 e. The molecule has 1 aliphatic heterocycles. The van der Waals surface area contributed by atoms with Gasteiger partial charge >= 0.3 is 12.1 Å². The summed E-state index contributed by atoms with van der Waals surface area (Å²) >= 11 is 0. The maximum Gasteiger partial charge on any atom is 0.416 e. The summed E-state index contributed by atoms with van der Waals surface area (Å²) in [5, 5.41) is 8.90. The molecule has 172 valence electrons. The lowest BCUT2D eigenvalue weighted by Gasteiger charge is -2.34. The van der Waals surface area contributed by atoms with Crippen molar-refractivity contribution in [2.45, 2.75) is 23.9 Å². The van der Waals surface area contributed by atoms with Gasteiger partial charge in [-0.3, -0.25) is 9.59 Å².